The summed E-state index contributed by atoms with van der Waals surface area (Å²) in [5.74, 6) is 1.24. The van der Waals surface area contributed by atoms with Gasteiger partial charge in [-0.25, -0.2) is 15.0 Å². The highest BCUT2D eigenvalue weighted by Gasteiger charge is 2.14. The second-order valence-electron chi connectivity index (χ2n) is 8.26. The lowest BCUT2D eigenvalue weighted by Gasteiger charge is -2.18. The van der Waals surface area contributed by atoms with Crippen molar-refractivity contribution in [2.24, 2.45) is 0 Å². The predicted molar refractivity (Wildman–Crippen MR) is 135 cm³/mol. The third kappa shape index (κ3) is 4.98. The summed E-state index contributed by atoms with van der Waals surface area (Å²) in [7, 11) is 0. The fourth-order valence-corrected chi connectivity index (χ4v) is 3.82. The first kappa shape index (κ1) is 23.2. The molecule has 3 N–H and O–H groups in total. The summed E-state index contributed by atoms with van der Waals surface area (Å²) >= 11 is 0. The molecule has 3 aromatic heterocycles. The van der Waals surface area contributed by atoms with E-state index in [-0.39, 0.29) is 11.9 Å². The summed E-state index contributed by atoms with van der Waals surface area (Å²) in [5.41, 5.74) is 5.70. The Morgan fingerprint density at radius 3 is 2.65 bits per heavy atom. The van der Waals surface area contributed by atoms with Crippen LogP contribution < -0.4 is 16.0 Å². The number of aryl methyl sites for hydroxylation is 3. The average molecular weight is 459 g/mol. The van der Waals surface area contributed by atoms with Gasteiger partial charge in [-0.15, -0.1) is 0 Å². The van der Waals surface area contributed by atoms with Crippen molar-refractivity contribution in [3.05, 3.63) is 65.1 Å². The highest BCUT2D eigenvalue weighted by atomic mass is 16.1. The van der Waals surface area contributed by atoms with Gasteiger partial charge in [0.1, 0.15) is 17.2 Å². The molecule has 4 aromatic rings. The van der Waals surface area contributed by atoms with Crippen molar-refractivity contribution in [1.82, 2.24) is 24.7 Å². The fraction of sp³-hybridized carbons (Fsp3) is 0.320. The molecule has 0 aliphatic carbocycles. The molecular formula is C25H30N8O. The third-order valence-electron chi connectivity index (χ3n) is 5.65. The molecule has 0 aliphatic rings. The van der Waals surface area contributed by atoms with Crippen molar-refractivity contribution in [3.63, 3.8) is 0 Å². The summed E-state index contributed by atoms with van der Waals surface area (Å²) < 4.78 is 1.82. The van der Waals surface area contributed by atoms with Gasteiger partial charge in [0.05, 0.1) is 24.0 Å². The Balaban J connectivity index is 1.50. The molecule has 34 heavy (non-hydrogen) atoms. The molecule has 1 aromatic carbocycles. The van der Waals surface area contributed by atoms with Crippen molar-refractivity contribution in [3.8, 4) is 0 Å². The Morgan fingerprint density at radius 2 is 1.91 bits per heavy atom. The van der Waals surface area contributed by atoms with Crippen LogP contribution in [0.3, 0.4) is 0 Å². The van der Waals surface area contributed by atoms with Crippen LogP contribution in [0, 0.1) is 13.8 Å². The number of pyridine rings is 1. The average Bonchev–Trinajstić information content (AvgIpc) is 3.24. The molecule has 0 aliphatic heterocycles. The molecule has 9 heteroatoms. The van der Waals surface area contributed by atoms with Crippen LogP contribution in [0.5, 0.6) is 0 Å². The summed E-state index contributed by atoms with van der Waals surface area (Å²) in [5, 5.41) is 14.0. The fourth-order valence-electron chi connectivity index (χ4n) is 3.82. The molecule has 1 amide bonds. The normalized spacial score (nSPS) is 11.9. The van der Waals surface area contributed by atoms with E-state index >= 15 is 0 Å². The number of amides is 1. The minimum atomic E-state index is -0.197. The molecule has 176 valence electrons. The number of rotatable bonds is 8. The van der Waals surface area contributed by atoms with Gasteiger partial charge in [-0.3, -0.25) is 9.48 Å². The number of fused-ring (bicyclic) bond motifs is 1. The summed E-state index contributed by atoms with van der Waals surface area (Å²) in [6.07, 6.45) is 5.19. The molecular weight excluding hydrogens is 428 g/mol. The summed E-state index contributed by atoms with van der Waals surface area (Å²) in [6.45, 7) is 11.6. The first-order valence-electron chi connectivity index (χ1n) is 11.5. The van der Waals surface area contributed by atoms with Gasteiger partial charge in [-0.05, 0) is 69.5 Å². The zero-order valence-electron chi connectivity index (χ0n) is 20.2. The van der Waals surface area contributed by atoms with E-state index in [0.717, 1.165) is 46.8 Å². The molecule has 0 spiro atoms. The third-order valence-corrected chi connectivity index (χ3v) is 5.65. The van der Waals surface area contributed by atoms with Gasteiger partial charge in [0, 0.05) is 25.0 Å². The maximum absolute atomic E-state index is 12.8. The minimum absolute atomic E-state index is 0.0554. The number of nitrogens with zero attached hydrogens (tertiary/aromatic N) is 5. The molecule has 0 saturated carbocycles. The number of anilines is 3. The summed E-state index contributed by atoms with van der Waals surface area (Å²) in [6, 6.07) is 7.67. The largest absolute Gasteiger partial charge is 0.370 e. The Morgan fingerprint density at radius 1 is 1.09 bits per heavy atom. The van der Waals surface area contributed by atoms with E-state index in [1.165, 1.54) is 0 Å². The quantitative estimate of drug-likeness (QED) is 0.351. The van der Waals surface area contributed by atoms with Gasteiger partial charge in [0.25, 0.3) is 5.91 Å². The lowest BCUT2D eigenvalue weighted by atomic mass is 10.0. The van der Waals surface area contributed by atoms with Crippen molar-refractivity contribution < 1.29 is 4.79 Å². The van der Waals surface area contributed by atoms with Crippen LogP contribution >= 0.6 is 0 Å². The molecule has 0 unspecified atom stereocenters. The first-order valence-corrected chi connectivity index (χ1v) is 11.5. The number of hydrogen-bond donors (Lipinski definition) is 3. The standard InChI is InChI=1S/C25H30N8O/c1-6-26-23-16(4)10-18(12-28-23)25(34)30-19-9-8-15(3)20(11-19)17(5)29-22-13-27-21-14-33(7-2)32-24(21)31-22/h8-14,17H,6-7H2,1-5H3,(H,26,28)(H,30,34)(H,29,31,32)/t17-/m0/s1. The number of aromatic nitrogens is 5. The van der Waals surface area contributed by atoms with Crippen molar-refractivity contribution in [1.29, 1.82) is 0 Å². The smallest absolute Gasteiger partial charge is 0.257 e. The van der Waals surface area contributed by atoms with Gasteiger partial charge >= 0.3 is 0 Å². The van der Waals surface area contributed by atoms with E-state index < -0.39 is 0 Å². The highest BCUT2D eigenvalue weighted by molar-refractivity contribution is 6.04. The number of carbonyl (C=O) groups excluding carboxylic acids is 1. The number of carbonyl (C=O) groups is 1. The molecule has 9 nitrogen and oxygen atoms in total. The van der Waals surface area contributed by atoms with E-state index in [1.807, 2.05) is 62.8 Å². The number of nitrogens with one attached hydrogen (secondary N) is 3. The Kier molecular flexibility index (Phi) is 6.72. The van der Waals surface area contributed by atoms with Crippen molar-refractivity contribution in [2.75, 3.05) is 22.5 Å². The topological polar surface area (TPSA) is 110 Å². The second kappa shape index (κ2) is 9.86. The molecule has 1 atom stereocenters. The number of benzene rings is 1. The maximum atomic E-state index is 12.8. The lowest BCUT2D eigenvalue weighted by Crippen LogP contribution is -2.15. The number of hydrogen-bond acceptors (Lipinski definition) is 7. The zero-order valence-corrected chi connectivity index (χ0v) is 20.2. The molecule has 0 fully saturated rings. The molecule has 0 radical (unpaired) electrons. The monoisotopic (exact) mass is 458 g/mol. The van der Waals surface area contributed by atoms with Crippen LogP contribution in [0.1, 0.15) is 53.9 Å². The maximum Gasteiger partial charge on any atom is 0.257 e. The van der Waals surface area contributed by atoms with E-state index in [9.17, 15) is 4.79 Å². The Labute approximate surface area is 199 Å². The zero-order chi connectivity index (χ0) is 24.2. The summed E-state index contributed by atoms with van der Waals surface area (Å²) in [4.78, 5) is 26.2. The molecule has 3 heterocycles. The molecule has 4 rings (SSSR count). The molecule has 0 bridgehead atoms. The Bertz CT molecular complexity index is 1330. The van der Waals surface area contributed by atoms with E-state index in [4.69, 9.17) is 0 Å². The minimum Gasteiger partial charge on any atom is -0.370 e. The SMILES string of the molecule is CCNc1ncc(C(=O)Nc2ccc(C)c([C@H](C)Nc3cnc4cn(CC)nc4n3)c2)cc1C. The van der Waals surface area contributed by atoms with Gasteiger partial charge in [-0.1, -0.05) is 6.07 Å². The molecule has 0 saturated heterocycles. The predicted octanol–water partition coefficient (Wildman–Crippen LogP) is 4.72. The van der Waals surface area contributed by atoms with Crippen molar-refractivity contribution in [2.45, 2.75) is 47.2 Å². The van der Waals surface area contributed by atoms with Crippen molar-refractivity contribution >= 4 is 34.4 Å². The lowest BCUT2D eigenvalue weighted by molar-refractivity contribution is 0.102. The first-order chi connectivity index (χ1) is 16.4. The van der Waals surface area contributed by atoms with Crippen LogP contribution in [-0.2, 0) is 6.54 Å². The van der Waals surface area contributed by atoms with Crippen LogP contribution in [0.2, 0.25) is 0 Å². The van der Waals surface area contributed by atoms with E-state index in [1.54, 1.807) is 12.4 Å². The van der Waals surface area contributed by atoms with Gasteiger partial charge in [-0.2, -0.15) is 5.10 Å². The van der Waals surface area contributed by atoms with Crippen LogP contribution in [0.4, 0.5) is 17.3 Å². The van der Waals surface area contributed by atoms with Crippen LogP contribution in [-0.4, -0.2) is 37.2 Å². The van der Waals surface area contributed by atoms with Gasteiger partial charge < -0.3 is 16.0 Å². The van der Waals surface area contributed by atoms with E-state index in [0.29, 0.717) is 17.0 Å². The van der Waals surface area contributed by atoms with Crippen LogP contribution in [0.25, 0.3) is 11.2 Å². The Hall–Kier alpha value is -4.01. The van der Waals surface area contributed by atoms with E-state index in [2.05, 4.69) is 42.9 Å². The van der Waals surface area contributed by atoms with Crippen LogP contribution in [0.15, 0.2) is 42.9 Å². The second-order valence-corrected chi connectivity index (χ2v) is 8.26. The van der Waals surface area contributed by atoms with Gasteiger partial charge in [0.2, 0.25) is 5.65 Å². The highest BCUT2D eigenvalue weighted by Crippen LogP contribution is 2.25. The van der Waals surface area contributed by atoms with Gasteiger partial charge in [0.15, 0.2) is 0 Å².